The zero-order chi connectivity index (χ0) is 23.0. The first-order valence-electron chi connectivity index (χ1n) is 11.6. The Morgan fingerprint density at radius 3 is 2.47 bits per heavy atom. The number of nitrogens with one attached hydrogen (secondary N) is 2. The standard InChI is InChI=1S/C24H35N3O4S/c25-22(16-18-8-2-1-3-9-18)23(28)24(29)26-14-6-7-15-27-32(30,31)21-13-12-19-10-4-5-11-20(19)17-21/h4-5,10-13,17-18,22-23,27-28H,1-3,6-9,14-16,25H2,(H,26,29)/t22-,23?/m1/s1. The second-order valence-electron chi connectivity index (χ2n) is 8.75. The Morgan fingerprint density at radius 2 is 1.72 bits per heavy atom. The topological polar surface area (TPSA) is 122 Å². The van der Waals surface area contributed by atoms with E-state index in [1.807, 2.05) is 24.3 Å². The van der Waals surface area contributed by atoms with Gasteiger partial charge in [0.25, 0.3) is 0 Å². The summed E-state index contributed by atoms with van der Waals surface area (Å²) in [6.07, 6.45) is 6.53. The molecule has 2 aromatic carbocycles. The molecule has 2 atom stereocenters. The minimum atomic E-state index is -3.59. The molecule has 0 saturated heterocycles. The molecule has 1 saturated carbocycles. The predicted octanol–water partition coefficient (Wildman–Crippen LogP) is 2.67. The lowest BCUT2D eigenvalue weighted by Gasteiger charge is -2.26. The number of carbonyl (C=O) groups is 1. The van der Waals surface area contributed by atoms with Gasteiger partial charge in [-0.1, -0.05) is 62.4 Å². The molecular weight excluding hydrogens is 426 g/mol. The van der Waals surface area contributed by atoms with Gasteiger partial charge in [-0.05, 0) is 48.1 Å². The summed E-state index contributed by atoms with van der Waals surface area (Å²) in [7, 11) is -3.59. The van der Waals surface area contributed by atoms with E-state index >= 15 is 0 Å². The number of sulfonamides is 1. The maximum absolute atomic E-state index is 12.5. The van der Waals surface area contributed by atoms with E-state index in [9.17, 15) is 18.3 Å². The van der Waals surface area contributed by atoms with Gasteiger partial charge in [-0.25, -0.2) is 13.1 Å². The van der Waals surface area contributed by atoms with Gasteiger partial charge in [0.15, 0.2) is 0 Å². The maximum Gasteiger partial charge on any atom is 0.250 e. The molecule has 0 radical (unpaired) electrons. The van der Waals surface area contributed by atoms with Crippen LogP contribution in [0.2, 0.25) is 0 Å². The Labute approximate surface area is 190 Å². The summed E-state index contributed by atoms with van der Waals surface area (Å²) in [5.74, 6) is 0.0434. The highest BCUT2D eigenvalue weighted by molar-refractivity contribution is 7.89. The van der Waals surface area contributed by atoms with E-state index in [-0.39, 0.29) is 11.4 Å². The van der Waals surface area contributed by atoms with E-state index in [4.69, 9.17) is 5.73 Å². The SMILES string of the molecule is N[C@H](CC1CCCCC1)C(O)C(=O)NCCCCNS(=O)(=O)c1ccc2ccccc2c1. The molecule has 32 heavy (non-hydrogen) atoms. The van der Waals surface area contributed by atoms with Gasteiger partial charge >= 0.3 is 0 Å². The molecule has 1 fully saturated rings. The lowest BCUT2D eigenvalue weighted by Crippen LogP contribution is -2.47. The van der Waals surface area contributed by atoms with Crippen molar-refractivity contribution < 1.29 is 18.3 Å². The van der Waals surface area contributed by atoms with Crippen LogP contribution < -0.4 is 15.8 Å². The van der Waals surface area contributed by atoms with Gasteiger partial charge in [0.2, 0.25) is 15.9 Å². The average Bonchev–Trinajstić information content (AvgIpc) is 2.80. The van der Waals surface area contributed by atoms with Crippen molar-refractivity contribution in [3.05, 3.63) is 42.5 Å². The van der Waals surface area contributed by atoms with Crippen LogP contribution in [0.1, 0.15) is 51.4 Å². The number of hydrogen-bond acceptors (Lipinski definition) is 5. The first-order valence-corrected chi connectivity index (χ1v) is 13.0. The van der Waals surface area contributed by atoms with E-state index in [1.165, 1.54) is 19.3 Å². The minimum absolute atomic E-state index is 0.236. The Balaban J connectivity index is 1.35. The molecule has 2 aromatic rings. The van der Waals surface area contributed by atoms with Gasteiger partial charge in [-0.15, -0.1) is 0 Å². The van der Waals surface area contributed by atoms with Crippen LogP contribution in [0.5, 0.6) is 0 Å². The first-order chi connectivity index (χ1) is 15.4. The number of rotatable bonds is 11. The minimum Gasteiger partial charge on any atom is -0.382 e. The molecule has 5 N–H and O–H groups in total. The van der Waals surface area contributed by atoms with E-state index < -0.39 is 28.1 Å². The van der Waals surface area contributed by atoms with Crippen molar-refractivity contribution in [3.8, 4) is 0 Å². The molecule has 8 heteroatoms. The average molecular weight is 462 g/mol. The molecule has 0 heterocycles. The van der Waals surface area contributed by atoms with Crippen LogP contribution in [0.15, 0.2) is 47.4 Å². The number of aliphatic hydroxyl groups is 1. The lowest BCUT2D eigenvalue weighted by atomic mass is 9.84. The number of unbranched alkanes of at least 4 members (excludes halogenated alkanes) is 1. The van der Waals surface area contributed by atoms with Gasteiger partial charge in [-0.3, -0.25) is 4.79 Å². The maximum atomic E-state index is 12.5. The number of carbonyl (C=O) groups excluding carboxylic acids is 1. The van der Waals surface area contributed by atoms with Gasteiger partial charge in [0.05, 0.1) is 4.90 Å². The highest BCUT2D eigenvalue weighted by atomic mass is 32.2. The molecule has 1 aliphatic rings. The lowest BCUT2D eigenvalue weighted by molar-refractivity contribution is -0.130. The quantitative estimate of drug-likeness (QED) is 0.383. The fourth-order valence-corrected chi connectivity index (χ4v) is 5.43. The summed E-state index contributed by atoms with van der Waals surface area (Å²) in [5.41, 5.74) is 6.05. The van der Waals surface area contributed by atoms with Crippen molar-refractivity contribution in [1.29, 1.82) is 0 Å². The normalized spacial score (nSPS) is 17.2. The van der Waals surface area contributed by atoms with E-state index in [1.54, 1.807) is 18.2 Å². The molecule has 1 aliphatic carbocycles. The zero-order valence-electron chi connectivity index (χ0n) is 18.5. The molecule has 0 spiro atoms. The Bertz CT molecular complexity index is 990. The summed E-state index contributed by atoms with van der Waals surface area (Å²) in [5, 5.41) is 14.8. The molecule has 3 rings (SSSR count). The van der Waals surface area contributed by atoms with Crippen LogP contribution in [-0.2, 0) is 14.8 Å². The molecule has 0 aliphatic heterocycles. The molecule has 0 aromatic heterocycles. The summed E-state index contributed by atoms with van der Waals surface area (Å²) in [6.45, 7) is 0.637. The number of fused-ring (bicyclic) bond motifs is 1. The first kappa shape index (κ1) is 24.6. The molecule has 7 nitrogen and oxygen atoms in total. The van der Waals surface area contributed by atoms with Gasteiger partial charge in [0, 0.05) is 19.1 Å². The van der Waals surface area contributed by atoms with Crippen molar-refractivity contribution in [1.82, 2.24) is 10.0 Å². The van der Waals surface area contributed by atoms with Crippen LogP contribution in [0.25, 0.3) is 10.8 Å². The third-order valence-electron chi connectivity index (χ3n) is 6.23. The van der Waals surface area contributed by atoms with Gasteiger partial charge in [-0.2, -0.15) is 0 Å². The van der Waals surface area contributed by atoms with Crippen molar-refractivity contribution in [2.75, 3.05) is 13.1 Å². The van der Waals surface area contributed by atoms with E-state index in [0.717, 1.165) is 23.6 Å². The van der Waals surface area contributed by atoms with Crippen LogP contribution in [0.4, 0.5) is 0 Å². The second-order valence-corrected chi connectivity index (χ2v) is 10.5. The number of nitrogens with two attached hydrogens (primary N) is 1. The van der Waals surface area contributed by atoms with Crippen molar-refractivity contribution in [2.24, 2.45) is 11.7 Å². The summed E-state index contributed by atoms with van der Waals surface area (Å²) in [6, 6.07) is 12.1. The smallest absolute Gasteiger partial charge is 0.250 e. The molecule has 1 amide bonds. The van der Waals surface area contributed by atoms with E-state index in [2.05, 4.69) is 10.0 Å². The highest BCUT2D eigenvalue weighted by Crippen LogP contribution is 2.27. The van der Waals surface area contributed by atoms with Crippen molar-refractivity contribution in [2.45, 2.75) is 68.4 Å². The van der Waals surface area contributed by atoms with Crippen LogP contribution >= 0.6 is 0 Å². The van der Waals surface area contributed by atoms with Gasteiger partial charge < -0.3 is 16.2 Å². The molecule has 1 unspecified atom stereocenters. The Morgan fingerprint density at radius 1 is 1.03 bits per heavy atom. The summed E-state index contributed by atoms with van der Waals surface area (Å²) in [4.78, 5) is 12.4. The highest BCUT2D eigenvalue weighted by Gasteiger charge is 2.26. The zero-order valence-corrected chi connectivity index (χ0v) is 19.3. The van der Waals surface area contributed by atoms with Crippen LogP contribution in [0, 0.1) is 5.92 Å². The second kappa shape index (κ2) is 11.7. The predicted molar refractivity (Wildman–Crippen MR) is 127 cm³/mol. The Hall–Kier alpha value is -2.00. The summed E-state index contributed by atoms with van der Waals surface area (Å²) < 4.78 is 27.6. The van der Waals surface area contributed by atoms with Crippen molar-refractivity contribution >= 4 is 26.7 Å². The third-order valence-corrected chi connectivity index (χ3v) is 7.69. The van der Waals surface area contributed by atoms with E-state index in [0.29, 0.717) is 31.7 Å². The third kappa shape index (κ3) is 7.00. The summed E-state index contributed by atoms with van der Waals surface area (Å²) >= 11 is 0. The number of amides is 1. The number of benzene rings is 2. The molecule has 176 valence electrons. The fraction of sp³-hybridized carbons (Fsp3) is 0.542. The number of hydrogen-bond donors (Lipinski definition) is 4. The largest absolute Gasteiger partial charge is 0.382 e. The monoisotopic (exact) mass is 461 g/mol. The Kier molecular flexibility index (Phi) is 9.04. The number of aliphatic hydroxyl groups excluding tert-OH is 1. The molecular formula is C24H35N3O4S. The van der Waals surface area contributed by atoms with Gasteiger partial charge in [0.1, 0.15) is 6.10 Å². The van der Waals surface area contributed by atoms with Crippen LogP contribution in [-0.4, -0.2) is 44.7 Å². The fourth-order valence-electron chi connectivity index (χ4n) is 4.32. The van der Waals surface area contributed by atoms with Crippen LogP contribution in [0.3, 0.4) is 0 Å². The molecule has 0 bridgehead atoms. The van der Waals surface area contributed by atoms with Crippen molar-refractivity contribution in [3.63, 3.8) is 0 Å².